The largest absolute Gasteiger partial charge is 0.493 e. The second kappa shape index (κ2) is 9.13. The van der Waals surface area contributed by atoms with Crippen molar-refractivity contribution in [3.63, 3.8) is 0 Å². The molecule has 2 fully saturated rings. The molecule has 172 valence electrons. The SMILES string of the molecule is O=C(C1CCN(S(=O)(=O)c2cccs2)CC1)N1CCN(Cc2ccc3c(c2)CCO3)CC1. The second-order valence-electron chi connectivity index (χ2n) is 8.75. The number of amides is 1. The van der Waals surface area contributed by atoms with Gasteiger partial charge in [0.2, 0.25) is 5.91 Å². The fourth-order valence-electron chi connectivity index (χ4n) is 4.86. The highest BCUT2D eigenvalue weighted by Crippen LogP contribution is 2.28. The summed E-state index contributed by atoms with van der Waals surface area (Å²) >= 11 is 1.24. The van der Waals surface area contributed by atoms with Gasteiger partial charge in [-0.2, -0.15) is 4.31 Å². The molecule has 0 radical (unpaired) electrons. The normalized spacial score (nSPS) is 20.8. The Bertz CT molecular complexity index is 1050. The molecule has 3 aliphatic rings. The van der Waals surface area contributed by atoms with Crippen LogP contribution in [0.4, 0.5) is 0 Å². The molecule has 2 saturated heterocycles. The van der Waals surface area contributed by atoms with Gasteiger partial charge in [0.05, 0.1) is 6.61 Å². The van der Waals surface area contributed by atoms with Crippen LogP contribution in [0.1, 0.15) is 24.0 Å². The average molecular weight is 476 g/mol. The van der Waals surface area contributed by atoms with E-state index in [1.807, 2.05) is 4.90 Å². The van der Waals surface area contributed by atoms with E-state index in [4.69, 9.17) is 4.74 Å². The number of hydrogen-bond donors (Lipinski definition) is 0. The number of piperazine rings is 1. The Morgan fingerprint density at radius 2 is 1.84 bits per heavy atom. The Hall–Kier alpha value is -1.94. The first kappa shape index (κ1) is 21.9. The standard InChI is InChI=1S/C23H29N3O4S2/c27-23(19-5-8-26(9-6-19)32(28,29)22-2-1-15-31-22)25-12-10-24(11-13-25)17-18-3-4-21-20(16-18)7-14-30-21/h1-4,15-16,19H,5-14,17H2. The Kier molecular flexibility index (Phi) is 6.24. The van der Waals surface area contributed by atoms with Crippen molar-refractivity contribution >= 4 is 27.3 Å². The van der Waals surface area contributed by atoms with Crippen molar-refractivity contribution in [2.75, 3.05) is 45.9 Å². The maximum Gasteiger partial charge on any atom is 0.252 e. The minimum absolute atomic E-state index is 0.0759. The van der Waals surface area contributed by atoms with Crippen molar-refractivity contribution in [3.8, 4) is 5.75 Å². The molecule has 0 saturated carbocycles. The van der Waals surface area contributed by atoms with Gasteiger partial charge in [0.25, 0.3) is 10.0 Å². The first-order valence-electron chi connectivity index (χ1n) is 11.3. The third kappa shape index (κ3) is 4.44. The number of hydrogen-bond acceptors (Lipinski definition) is 6. The molecule has 1 aromatic carbocycles. The monoisotopic (exact) mass is 475 g/mol. The molecule has 0 unspecified atom stereocenters. The van der Waals surface area contributed by atoms with E-state index in [0.717, 1.165) is 51.5 Å². The van der Waals surface area contributed by atoms with Gasteiger partial charge >= 0.3 is 0 Å². The molecule has 0 spiro atoms. The van der Waals surface area contributed by atoms with Crippen LogP contribution in [0, 0.1) is 5.92 Å². The van der Waals surface area contributed by atoms with Crippen LogP contribution >= 0.6 is 11.3 Å². The number of carbonyl (C=O) groups is 1. The van der Waals surface area contributed by atoms with E-state index >= 15 is 0 Å². The Balaban J connectivity index is 1.10. The van der Waals surface area contributed by atoms with Crippen LogP contribution in [0.25, 0.3) is 0 Å². The van der Waals surface area contributed by atoms with Gasteiger partial charge in [0, 0.05) is 58.2 Å². The Labute approximate surface area is 193 Å². The molecule has 0 bridgehead atoms. The number of carbonyl (C=O) groups excluding carboxylic acids is 1. The van der Waals surface area contributed by atoms with Crippen LogP contribution in [0.5, 0.6) is 5.75 Å². The predicted octanol–water partition coefficient (Wildman–Crippen LogP) is 2.43. The summed E-state index contributed by atoms with van der Waals surface area (Å²) in [7, 11) is -3.42. The zero-order valence-electron chi connectivity index (χ0n) is 18.1. The highest BCUT2D eigenvalue weighted by molar-refractivity contribution is 7.91. The smallest absolute Gasteiger partial charge is 0.252 e. The van der Waals surface area contributed by atoms with E-state index < -0.39 is 10.0 Å². The van der Waals surface area contributed by atoms with E-state index in [0.29, 0.717) is 30.1 Å². The number of benzene rings is 1. The molecular weight excluding hydrogens is 446 g/mol. The van der Waals surface area contributed by atoms with Crippen LogP contribution in [0.15, 0.2) is 39.9 Å². The Morgan fingerprint density at radius 1 is 1.06 bits per heavy atom. The zero-order chi connectivity index (χ0) is 22.1. The first-order valence-corrected chi connectivity index (χ1v) is 13.6. The maximum absolute atomic E-state index is 13.1. The zero-order valence-corrected chi connectivity index (χ0v) is 19.7. The van der Waals surface area contributed by atoms with Crippen LogP contribution in [-0.4, -0.2) is 74.3 Å². The lowest BCUT2D eigenvalue weighted by atomic mass is 9.96. The van der Waals surface area contributed by atoms with Crippen molar-refractivity contribution in [2.24, 2.45) is 5.92 Å². The molecule has 1 amide bonds. The minimum atomic E-state index is -3.42. The van der Waals surface area contributed by atoms with E-state index in [1.165, 1.54) is 26.8 Å². The van der Waals surface area contributed by atoms with Gasteiger partial charge in [0.15, 0.2) is 0 Å². The van der Waals surface area contributed by atoms with Gasteiger partial charge in [-0.05, 0) is 41.5 Å². The molecule has 7 nitrogen and oxygen atoms in total. The molecule has 0 aliphatic carbocycles. The lowest BCUT2D eigenvalue weighted by molar-refractivity contribution is -0.138. The number of thiophene rings is 1. The van der Waals surface area contributed by atoms with E-state index in [-0.39, 0.29) is 11.8 Å². The predicted molar refractivity (Wildman–Crippen MR) is 123 cm³/mol. The molecule has 9 heteroatoms. The molecule has 0 atom stereocenters. The molecule has 3 aliphatic heterocycles. The molecule has 2 aromatic rings. The average Bonchev–Trinajstić information content (AvgIpc) is 3.52. The number of rotatable bonds is 5. The van der Waals surface area contributed by atoms with E-state index in [9.17, 15) is 13.2 Å². The maximum atomic E-state index is 13.1. The van der Waals surface area contributed by atoms with Crippen LogP contribution in [-0.2, 0) is 27.8 Å². The number of sulfonamides is 1. The summed E-state index contributed by atoms with van der Waals surface area (Å²) < 4.78 is 32.9. The van der Waals surface area contributed by atoms with Crippen molar-refractivity contribution in [3.05, 3.63) is 46.8 Å². The highest BCUT2D eigenvalue weighted by atomic mass is 32.2. The topological polar surface area (TPSA) is 70.2 Å². The molecule has 0 N–H and O–H groups in total. The lowest BCUT2D eigenvalue weighted by Gasteiger charge is -2.38. The Morgan fingerprint density at radius 3 is 2.56 bits per heavy atom. The second-order valence-corrected chi connectivity index (χ2v) is 11.9. The van der Waals surface area contributed by atoms with Crippen LogP contribution < -0.4 is 4.74 Å². The van der Waals surface area contributed by atoms with Crippen LogP contribution in [0.2, 0.25) is 0 Å². The number of piperidine rings is 1. The van der Waals surface area contributed by atoms with Crippen molar-refractivity contribution in [1.29, 1.82) is 0 Å². The van der Waals surface area contributed by atoms with Gasteiger partial charge in [-0.15, -0.1) is 11.3 Å². The van der Waals surface area contributed by atoms with Crippen molar-refractivity contribution < 1.29 is 17.9 Å². The van der Waals surface area contributed by atoms with Gasteiger partial charge in [-0.25, -0.2) is 8.42 Å². The third-order valence-electron chi connectivity index (χ3n) is 6.74. The van der Waals surface area contributed by atoms with Crippen molar-refractivity contribution in [2.45, 2.75) is 30.0 Å². The third-order valence-corrected chi connectivity index (χ3v) is 10.0. The fraction of sp³-hybridized carbons (Fsp3) is 0.522. The summed E-state index contributed by atoms with van der Waals surface area (Å²) in [6, 6.07) is 9.86. The van der Waals surface area contributed by atoms with Gasteiger partial charge in [-0.3, -0.25) is 9.69 Å². The summed E-state index contributed by atoms with van der Waals surface area (Å²) in [5, 5.41) is 1.78. The van der Waals surface area contributed by atoms with Crippen molar-refractivity contribution in [1.82, 2.24) is 14.1 Å². The van der Waals surface area contributed by atoms with E-state index in [1.54, 1.807) is 17.5 Å². The highest BCUT2D eigenvalue weighted by Gasteiger charge is 2.35. The fourth-order valence-corrected chi connectivity index (χ4v) is 7.48. The molecule has 5 rings (SSSR count). The summed E-state index contributed by atoms with van der Waals surface area (Å²) in [5.74, 6) is 1.12. The van der Waals surface area contributed by atoms with Gasteiger partial charge < -0.3 is 9.64 Å². The first-order chi connectivity index (χ1) is 15.5. The van der Waals surface area contributed by atoms with Gasteiger partial charge in [0.1, 0.15) is 9.96 Å². The lowest BCUT2D eigenvalue weighted by Crippen LogP contribution is -2.51. The van der Waals surface area contributed by atoms with E-state index in [2.05, 4.69) is 23.1 Å². The number of ether oxygens (including phenoxy) is 1. The van der Waals surface area contributed by atoms with Gasteiger partial charge in [-0.1, -0.05) is 18.2 Å². The summed E-state index contributed by atoms with van der Waals surface area (Å²) in [6.07, 6.45) is 2.18. The molecule has 1 aromatic heterocycles. The number of nitrogens with zero attached hydrogens (tertiary/aromatic N) is 3. The summed E-state index contributed by atoms with van der Waals surface area (Å²) in [4.78, 5) is 17.4. The summed E-state index contributed by atoms with van der Waals surface area (Å²) in [5.41, 5.74) is 2.59. The quantitative estimate of drug-likeness (QED) is 0.664. The summed E-state index contributed by atoms with van der Waals surface area (Å²) in [6.45, 7) is 5.71. The number of fused-ring (bicyclic) bond motifs is 1. The van der Waals surface area contributed by atoms with Crippen LogP contribution in [0.3, 0.4) is 0 Å². The molecule has 32 heavy (non-hydrogen) atoms. The minimum Gasteiger partial charge on any atom is -0.493 e. The molecule has 4 heterocycles. The molecular formula is C23H29N3O4S2.